The lowest BCUT2D eigenvalue weighted by molar-refractivity contribution is -0.138. The molecule has 0 bridgehead atoms. The van der Waals surface area contributed by atoms with Crippen molar-refractivity contribution in [2.24, 2.45) is 0 Å². The summed E-state index contributed by atoms with van der Waals surface area (Å²) in [6.07, 6.45) is -4.63. The first-order valence-corrected chi connectivity index (χ1v) is 10.4. The van der Waals surface area contributed by atoms with Crippen molar-refractivity contribution in [2.75, 3.05) is 0 Å². The van der Waals surface area contributed by atoms with Gasteiger partial charge in [-0.2, -0.15) is 13.2 Å². The van der Waals surface area contributed by atoms with Gasteiger partial charge in [0.15, 0.2) is 0 Å². The Labute approximate surface area is 170 Å². The van der Waals surface area contributed by atoms with Crippen LogP contribution in [-0.4, -0.2) is 24.1 Å². The van der Waals surface area contributed by atoms with Gasteiger partial charge in [-0.3, -0.25) is 4.79 Å². The Morgan fingerprint density at radius 1 is 1.10 bits per heavy atom. The number of hydrogen-bond acceptors (Lipinski definition) is 3. The van der Waals surface area contributed by atoms with Gasteiger partial charge in [-0.25, -0.2) is 8.42 Å². The maximum Gasteiger partial charge on any atom is 0.416 e. The summed E-state index contributed by atoms with van der Waals surface area (Å²) >= 11 is 0. The molecule has 9 heteroatoms. The number of carboxylic acids is 1. The molecule has 4 rings (SSSR count). The quantitative estimate of drug-likeness (QED) is 0.656. The van der Waals surface area contributed by atoms with Crippen LogP contribution in [0.15, 0.2) is 46.7 Å². The molecule has 30 heavy (non-hydrogen) atoms. The molecular formula is C21H16F3NO4S. The number of alkyl halides is 3. The highest BCUT2D eigenvalue weighted by molar-refractivity contribution is 7.95. The van der Waals surface area contributed by atoms with Gasteiger partial charge >= 0.3 is 12.1 Å². The summed E-state index contributed by atoms with van der Waals surface area (Å²) in [6, 6.07) is 7.84. The van der Waals surface area contributed by atoms with Crippen molar-refractivity contribution in [3.63, 3.8) is 0 Å². The fourth-order valence-electron chi connectivity index (χ4n) is 3.92. The first kappa shape index (κ1) is 20.2. The van der Waals surface area contributed by atoms with Gasteiger partial charge in [-0.1, -0.05) is 11.6 Å². The van der Waals surface area contributed by atoms with Crippen LogP contribution in [0.2, 0.25) is 0 Å². The first-order chi connectivity index (χ1) is 13.9. The Morgan fingerprint density at radius 2 is 1.80 bits per heavy atom. The lowest BCUT2D eigenvalue weighted by atomic mass is 9.95. The average Bonchev–Trinajstić information content (AvgIpc) is 3.04. The third-order valence-corrected chi connectivity index (χ3v) is 6.73. The van der Waals surface area contributed by atoms with E-state index in [0.29, 0.717) is 22.2 Å². The molecule has 2 heterocycles. The van der Waals surface area contributed by atoms with Crippen LogP contribution in [0, 0.1) is 13.8 Å². The predicted octanol–water partition coefficient (Wildman–Crippen LogP) is 4.54. The number of hydrogen-bond donors (Lipinski definition) is 1. The summed E-state index contributed by atoms with van der Waals surface area (Å²) in [7, 11) is -3.93. The van der Waals surface area contributed by atoms with Crippen LogP contribution in [-0.2, 0) is 27.4 Å². The molecule has 3 aromatic rings. The van der Waals surface area contributed by atoms with Crippen molar-refractivity contribution in [3.8, 4) is 0 Å². The smallest absolute Gasteiger partial charge is 0.416 e. The number of halogens is 3. The van der Waals surface area contributed by atoms with Gasteiger partial charge in [-0.15, -0.1) is 0 Å². The Morgan fingerprint density at radius 3 is 2.43 bits per heavy atom. The van der Waals surface area contributed by atoms with Crippen molar-refractivity contribution in [2.45, 2.75) is 31.5 Å². The molecule has 1 aromatic heterocycles. The molecule has 0 aliphatic carbocycles. The largest absolute Gasteiger partial charge is 0.480 e. The van der Waals surface area contributed by atoms with Crippen LogP contribution in [0.5, 0.6) is 0 Å². The molecule has 0 amide bonds. The van der Waals surface area contributed by atoms with Crippen LogP contribution < -0.4 is 0 Å². The molecular weight excluding hydrogens is 419 g/mol. The van der Waals surface area contributed by atoms with Crippen LogP contribution >= 0.6 is 0 Å². The van der Waals surface area contributed by atoms with Gasteiger partial charge in [-0.05, 0) is 44.2 Å². The molecule has 0 saturated carbocycles. The maximum atomic E-state index is 13.3. The molecule has 1 aliphatic heterocycles. The monoisotopic (exact) mass is 435 g/mol. The number of rotatable bonds is 3. The van der Waals surface area contributed by atoms with E-state index in [9.17, 15) is 31.5 Å². The SMILES string of the molecule is Cc1ccc2c(c1)c(C1=CS(=O)(=O)c3ccc(C(F)(F)F)cc31)c(C)n2CC(=O)O. The van der Waals surface area contributed by atoms with Gasteiger partial charge < -0.3 is 9.67 Å². The molecule has 0 spiro atoms. The molecule has 1 N–H and O–H groups in total. The number of carbonyl (C=O) groups is 1. The zero-order chi connectivity index (χ0) is 22.0. The zero-order valence-corrected chi connectivity index (χ0v) is 16.7. The van der Waals surface area contributed by atoms with E-state index in [0.717, 1.165) is 29.2 Å². The summed E-state index contributed by atoms with van der Waals surface area (Å²) in [4.78, 5) is 11.2. The number of nitrogens with zero attached hydrogens (tertiary/aromatic N) is 1. The lowest BCUT2D eigenvalue weighted by Crippen LogP contribution is -2.10. The molecule has 0 saturated heterocycles. The molecule has 156 valence electrons. The Kier molecular flexibility index (Phi) is 4.36. The number of aromatic nitrogens is 1. The highest BCUT2D eigenvalue weighted by atomic mass is 32.2. The zero-order valence-electron chi connectivity index (χ0n) is 15.9. The second kappa shape index (κ2) is 6.46. The van der Waals surface area contributed by atoms with Gasteiger partial charge in [0.05, 0.1) is 10.5 Å². The van der Waals surface area contributed by atoms with Crippen molar-refractivity contribution < 1.29 is 31.5 Å². The molecule has 0 fully saturated rings. The standard InChI is InChI=1S/C21H16F3NO4S/c1-11-3-5-17-15(7-11)20(12(2)25(17)9-19(26)27)16-10-30(28,29)18-6-4-13(8-14(16)18)21(22,23)24/h3-8,10H,9H2,1-2H3,(H,26,27). The topological polar surface area (TPSA) is 76.4 Å². The van der Waals surface area contributed by atoms with Crippen LogP contribution in [0.3, 0.4) is 0 Å². The average molecular weight is 435 g/mol. The van der Waals surface area contributed by atoms with Gasteiger partial charge in [0.1, 0.15) is 6.54 Å². The number of aliphatic carboxylic acids is 1. The molecule has 0 radical (unpaired) electrons. The highest BCUT2D eigenvalue weighted by Crippen LogP contribution is 2.44. The summed E-state index contributed by atoms with van der Waals surface area (Å²) in [5.41, 5.74) is 1.43. The van der Waals surface area contributed by atoms with Crippen molar-refractivity contribution in [1.82, 2.24) is 4.57 Å². The molecule has 5 nitrogen and oxygen atoms in total. The Bertz CT molecular complexity index is 1370. The van der Waals surface area contributed by atoms with E-state index in [1.54, 1.807) is 25.1 Å². The van der Waals surface area contributed by atoms with Crippen LogP contribution in [0.25, 0.3) is 16.5 Å². The van der Waals surface area contributed by atoms with E-state index in [-0.39, 0.29) is 22.6 Å². The van der Waals surface area contributed by atoms with Gasteiger partial charge in [0, 0.05) is 38.7 Å². The van der Waals surface area contributed by atoms with Crippen LogP contribution in [0.1, 0.15) is 27.9 Å². The molecule has 1 aliphatic rings. The summed E-state index contributed by atoms with van der Waals surface area (Å²) in [5.74, 6) is -1.09. The van der Waals surface area contributed by atoms with E-state index >= 15 is 0 Å². The van der Waals surface area contributed by atoms with E-state index in [1.807, 2.05) is 6.92 Å². The third kappa shape index (κ3) is 3.09. The highest BCUT2D eigenvalue weighted by Gasteiger charge is 2.36. The second-order valence-corrected chi connectivity index (χ2v) is 9.01. The molecule has 2 aromatic carbocycles. The summed E-state index contributed by atoms with van der Waals surface area (Å²) < 4.78 is 66.6. The van der Waals surface area contributed by atoms with Crippen molar-refractivity contribution in [3.05, 3.63) is 69.8 Å². The van der Waals surface area contributed by atoms with Crippen molar-refractivity contribution >= 4 is 32.3 Å². The fourth-order valence-corrected chi connectivity index (χ4v) is 5.33. The molecule has 0 atom stereocenters. The number of aryl methyl sites for hydroxylation is 1. The number of benzene rings is 2. The first-order valence-electron chi connectivity index (χ1n) is 8.90. The number of fused-ring (bicyclic) bond motifs is 2. The summed E-state index contributed by atoms with van der Waals surface area (Å²) in [6.45, 7) is 3.09. The minimum absolute atomic E-state index is 0.0381. The Hall–Kier alpha value is -3.07. The van der Waals surface area contributed by atoms with Gasteiger partial charge in [0.2, 0.25) is 9.84 Å². The molecule has 0 unspecified atom stereocenters. The normalized spacial score (nSPS) is 15.3. The number of sulfone groups is 1. The maximum absolute atomic E-state index is 13.3. The third-order valence-electron chi connectivity index (χ3n) is 5.22. The van der Waals surface area contributed by atoms with Gasteiger partial charge in [0.25, 0.3) is 0 Å². The number of carboxylic acid groups (broad SMARTS) is 1. The Balaban J connectivity index is 2.07. The van der Waals surface area contributed by atoms with Crippen molar-refractivity contribution in [1.29, 1.82) is 0 Å². The van der Waals surface area contributed by atoms with Crippen LogP contribution in [0.4, 0.5) is 13.2 Å². The fraction of sp³-hybridized carbons (Fsp3) is 0.190. The lowest BCUT2D eigenvalue weighted by Gasteiger charge is -2.11. The predicted molar refractivity (Wildman–Crippen MR) is 105 cm³/mol. The minimum Gasteiger partial charge on any atom is -0.480 e. The second-order valence-electron chi connectivity index (χ2n) is 7.25. The van der Waals surface area contributed by atoms with E-state index in [2.05, 4.69) is 0 Å². The van der Waals surface area contributed by atoms with E-state index in [4.69, 9.17) is 0 Å². The van der Waals surface area contributed by atoms with E-state index < -0.39 is 27.5 Å². The minimum atomic E-state index is -4.63. The summed E-state index contributed by atoms with van der Waals surface area (Å²) in [5, 5.41) is 10.8. The van der Waals surface area contributed by atoms with E-state index in [1.165, 1.54) is 4.57 Å².